The molecular weight excluding hydrogens is 442 g/mol. The molecule has 0 aliphatic rings. The summed E-state index contributed by atoms with van der Waals surface area (Å²) in [6.45, 7) is 4.43. The summed E-state index contributed by atoms with van der Waals surface area (Å²) in [5, 5.41) is 0. The summed E-state index contributed by atoms with van der Waals surface area (Å²) < 4.78 is 69.6. The fraction of sp³-hybridized carbons (Fsp3) is 0.389. The molecule has 1 aromatic carbocycles. The van der Waals surface area contributed by atoms with Crippen LogP contribution < -0.4 is 11.0 Å². The van der Waals surface area contributed by atoms with Gasteiger partial charge in [-0.05, 0) is 39.0 Å². The van der Waals surface area contributed by atoms with Crippen molar-refractivity contribution in [1.82, 2.24) is 14.4 Å². The van der Waals surface area contributed by atoms with Crippen LogP contribution in [0.1, 0.15) is 36.8 Å². The Kier molecular flexibility index (Phi) is 6.26. The van der Waals surface area contributed by atoms with E-state index in [9.17, 15) is 27.3 Å². The average Bonchev–Trinajstić information content (AvgIpc) is 3.10. The number of aromatic amines is 1. The quantitative estimate of drug-likeness (QED) is 0.425. The zero-order chi connectivity index (χ0) is 23.0. The van der Waals surface area contributed by atoms with E-state index >= 15 is 0 Å². The topological polar surface area (TPSA) is 112 Å². The van der Waals surface area contributed by atoms with Gasteiger partial charge in [-0.15, -0.1) is 0 Å². The van der Waals surface area contributed by atoms with Crippen LogP contribution in [0.15, 0.2) is 23.0 Å². The molecule has 9 nitrogen and oxygen atoms in total. The number of hydrogen-bond donors (Lipinski definition) is 1. The predicted molar refractivity (Wildman–Crippen MR) is 105 cm³/mol. The molecule has 0 saturated carbocycles. The molecule has 13 heteroatoms. The summed E-state index contributed by atoms with van der Waals surface area (Å²) >= 11 is 0. The molecule has 1 N–H and O–H groups in total. The normalized spacial score (nSPS) is 12.6. The Hall–Kier alpha value is -2.69. The maximum atomic E-state index is 13.6. The number of carbonyl (C=O) groups excluding carboxylic acids is 1. The summed E-state index contributed by atoms with van der Waals surface area (Å²) in [7, 11) is -4.23. The first-order valence-corrected chi connectivity index (χ1v) is 10.8. The van der Waals surface area contributed by atoms with E-state index in [4.69, 9.17) is 13.8 Å². The molecule has 0 aliphatic heterocycles. The molecule has 0 amide bonds. The Balaban J connectivity index is 2.49. The second kappa shape index (κ2) is 8.45. The summed E-state index contributed by atoms with van der Waals surface area (Å²) in [5.41, 5.74) is -3.33. The zero-order valence-corrected chi connectivity index (χ0v) is 17.7. The van der Waals surface area contributed by atoms with E-state index in [1.54, 1.807) is 20.8 Å². The van der Waals surface area contributed by atoms with Gasteiger partial charge in [0.1, 0.15) is 0 Å². The number of nitrogens with one attached hydrogen (secondary N) is 1. The monoisotopic (exact) mass is 461 g/mol. The second-order valence-corrected chi connectivity index (χ2v) is 8.12. The molecule has 168 valence electrons. The lowest BCUT2D eigenvalue weighted by molar-refractivity contribution is -0.137. The van der Waals surface area contributed by atoms with Crippen molar-refractivity contribution in [1.29, 1.82) is 0 Å². The summed E-state index contributed by atoms with van der Waals surface area (Å²) in [6, 6.07) is 2.60. The van der Waals surface area contributed by atoms with E-state index in [-0.39, 0.29) is 41.9 Å². The number of esters is 1. The molecule has 31 heavy (non-hydrogen) atoms. The number of benzene rings is 1. The van der Waals surface area contributed by atoms with E-state index in [1.165, 1.54) is 0 Å². The van der Waals surface area contributed by atoms with Gasteiger partial charge in [-0.3, -0.25) is 13.8 Å². The molecule has 2 aromatic heterocycles. The SMILES string of the molecule is CCOC(=O)c1nc2c(=O)[nH]c3cc(C(F)(F)F)ccc3n2c1P(=O)(OCC)OCC. The largest absolute Gasteiger partial charge is 0.461 e. The van der Waals surface area contributed by atoms with E-state index < -0.39 is 36.6 Å². The number of imidazole rings is 1. The number of rotatable bonds is 7. The third kappa shape index (κ3) is 4.10. The van der Waals surface area contributed by atoms with Crippen LogP contribution in [0.3, 0.4) is 0 Å². The maximum Gasteiger partial charge on any atom is 0.416 e. The van der Waals surface area contributed by atoms with E-state index in [0.717, 1.165) is 22.6 Å². The highest BCUT2D eigenvalue weighted by atomic mass is 31.2. The summed E-state index contributed by atoms with van der Waals surface area (Å²) in [6.07, 6.45) is -4.65. The van der Waals surface area contributed by atoms with Crippen LogP contribution >= 0.6 is 7.60 Å². The van der Waals surface area contributed by atoms with Gasteiger partial charge in [0.05, 0.1) is 36.4 Å². The van der Waals surface area contributed by atoms with Crippen LogP contribution in [0.25, 0.3) is 16.7 Å². The van der Waals surface area contributed by atoms with Crippen molar-refractivity contribution < 1.29 is 36.3 Å². The van der Waals surface area contributed by atoms with Gasteiger partial charge in [-0.2, -0.15) is 13.2 Å². The lowest BCUT2D eigenvalue weighted by Gasteiger charge is -2.18. The number of carbonyl (C=O) groups is 1. The molecule has 0 fully saturated rings. The molecule has 0 saturated heterocycles. The van der Waals surface area contributed by atoms with Gasteiger partial charge in [0, 0.05) is 0 Å². The van der Waals surface area contributed by atoms with Crippen LogP contribution in [0, 0.1) is 0 Å². The minimum Gasteiger partial charge on any atom is -0.461 e. The molecule has 3 rings (SSSR count). The number of fused-ring (bicyclic) bond motifs is 3. The highest BCUT2D eigenvalue weighted by molar-refractivity contribution is 7.62. The standard InChI is InChI=1S/C18H19F3N3O6P/c1-4-28-17(26)13-16(31(27,29-5-2)30-6-3)24-12-8-7-10(18(19,20)21)9-11(12)22-15(25)14(24)23-13/h7-9H,4-6H2,1-3H3,(H,22,25). The lowest BCUT2D eigenvalue weighted by Crippen LogP contribution is -2.25. The molecule has 3 aromatic rings. The van der Waals surface area contributed by atoms with Gasteiger partial charge in [-0.1, -0.05) is 0 Å². The average molecular weight is 461 g/mol. The van der Waals surface area contributed by atoms with Crippen molar-refractivity contribution in [3.05, 3.63) is 39.8 Å². The van der Waals surface area contributed by atoms with Crippen molar-refractivity contribution >= 4 is 35.7 Å². The van der Waals surface area contributed by atoms with Crippen LogP contribution in [-0.4, -0.2) is 40.2 Å². The number of alkyl halides is 3. The molecule has 0 unspecified atom stereocenters. The Bertz CT molecular complexity index is 1240. The van der Waals surface area contributed by atoms with Crippen molar-refractivity contribution in [3.63, 3.8) is 0 Å². The third-order valence-corrected chi connectivity index (χ3v) is 6.32. The third-order valence-electron chi connectivity index (χ3n) is 4.20. The van der Waals surface area contributed by atoms with Gasteiger partial charge >= 0.3 is 19.7 Å². The van der Waals surface area contributed by atoms with Crippen molar-refractivity contribution in [2.24, 2.45) is 0 Å². The van der Waals surface area contributed by atoms with E-state index in [2.05, 4.69) is 9.97 Å². The number of H-pyrrole nitrogens is 1. The van der Waals surface area contributed by atoms with Crippen molar-refractivity contribution in [2.75, 3.05) is 19.8 Å². The minimum absolute atomic E-state index is 0.0141. The lowest BCUT2D eigenvalue weighted by atomic mass is 10.2. The van der Waals surface area contributed by atoms with Crippen molar-refractivity contribution in [2.45, 2.75) is 26.9 Å². The molecule has 0 spiro atoms. The van der Waals surface area contributed by atoms with Crippen LogP contribution in [0.4, 0.5) is 13.2 Å². The Labute approximate surface area is 173 Å². The van der Waals surface area contributed by atoms with Gasteiger partial charge in [-0.25, -0.2) is 9.78 Å². The molecule has 0 radical (unpaired) electrons. The predicted octanol–water partition coefficient (Wildman–Crippen LogP) is 3.26. The highest BCUT2D eigenvalue weighted by Gasteiger charge is 2.39. The number of ether oxygens (including phenoxy) is 1. The van der Waals surface area contributed by atoms with Gasteiger partial charge in [0.25, 0.3) is 5.56 Å². The fourth-order valence-corrected chi connectivity index (χ4v) is 4.91. The van der Waals surface area contributed by atoms with Crippen LogP contribution in [0.2, 0.25) is 0 Å². The zero-order valence-electron chi connectivity index (χ0n) is 16.8. The molecule has 0 atom stereocenters. The number of nitrogens with zero attached hydrogens (tertiary/aromatic N) is 2. The first-order valence-electron chi connectivity index (χ1n) is 9.29. The second-order valence-electron chi connectivity index (χ2n) is 6.18. The Morgan fingerprint density at radius 1 is 1.16 bits per heavy atom. The van der Waals surface area contributed by atoms with Gasteiger partial charge in [0.2, 0.25) is 5.65 Å². The molecule has 2 heterocycles. The summed E-state index contributed by atoms with van der Waals surface area (Å²) in [5.74, 6) is -0.986. The van der Waals surface area contributed by atoms with Crippen LogP contribution in [0.5, 0.6) is 0 Å². The van der Waals surface area contributed by atoms with Crippen LogP contribution in [-0.2, 0) is 24.5 Å². The van der Waals surface area contributed by atoms with Gasteiger partial charge in [0.15, 0.2) is 11.1 Å². The first-order chi connectivity index (χ1) is 14.6. The molecular formula is C18H19F3N3O6P. The highest BCUT2D eigenvalue weighted by Crippen LogP contribution is 2.48. The Morgan fingerprint density at radius 3 is 2.35 bits per heavy atom. The van der Waals surface area contributed by atoms with Crippen molar-refractivity contribution in [3.8, 4) is 0 Å². The number of aromatic nitrogens is 3. The molecule has 0 aliphatic carbocycles. The van der Waals surface area contributed by atoms with E-state index in [1.807, 2.05) is 0 Å². The Morgan fingerprint density at radius 2 is 1.81 bits per heavy atom. The maximum absolute atomic E-state index is 13.6. The van der Waals surface area contributed by atoms with Gasteiger partial charge < -0.3 is 18.8 Å². The number of halogens is 3. The van der Waals surface area contributed by atoms with E-state index in [0.29, 0.717) is 0 Å². The fourth-order valence-electron chi connectivity index (χ4n) is 3.07. The minimum atomic E-state index is -4.65. The summed E-state index contributed by atoms with van der Waals surface area (Å²) in [4.78, 5) is 31.4. The molecule has 0 bridgehead atoms. The smallest absolute Gasteiger partial charge is 0.416 e. The first kappa shape index (κ1) is 23.0. The number of hydrogen-bond acceptors (Lipinski definition) is 7.